The van der Waals surface area contributed by atoms with Crippen LogP contribution in [0, 0.1) is 5.82 Å². The highest BCUT2D eigenvalue weighted by Gasteiger charge is 2.46. The van der Waals surface area contributed by atoms with Crippen molar-refractivity contribution in [3.8, 4) is 0 Å². The number of anilines is 1. The molecule has 1 atom stereocenters. The molecule has 8 heteroatoms. The van der Waals surface area contributed by atoms with E-state index in [0.29, 0.717) is 38.9 Å². The first-order chi connectivity index (χ1) is 15.4. The summed E-state index contributed by atoms with van der Waals surface area (Å²) in [5.41, 5.74) is 1.70. The Morgan fingerprint density at radius 3 is 2.56 bits per heavy atom. The molecule has 32 heavy (non-hydrogen) atoms. The molecule has 1 aromatic rings. The van der Waals surface area contributed by atoms with E-state index in [0.717, 1.165) is 56.4 Å². The molecule has 0 unspecified atom stereocenters. The average molecular weight is 448 g/mol. The third kappa shape index (κ3) is 3.99. The molecule has 0 bridgehead atoms. The summed E-state index contributed by atoms with van der Waals surface area (Å²) in [4.78, 5) is 30.8. The highest BCUT2D eigenvalue weighted by molar-refractivity contribution is 5.94. The van der Waals surface area contributed by atoms with Gasteiger partial charge in [-0.1, -0.05) is 0 Å². The summed E-state index contributed by atoms with van der Waals surface area (Å²) >= 11 is 0. The van der Waals surface area contributed by atoms with Crippen molar-refractivity contribution in [2.75, 3.05) is 50.8 Å². The SMILES string of the molecule is CC(=O)N1CC2(CCN(C3CCN(C(=O)O[C@@H]4CCOC4)CC3)CC2)c2cc(F)ccc21.[HH]. The number of hydrogen-bond donors (Lipinski definition) is 0. The molecular formula is C24H34FN3O4. The number of nitrogens with zero attached hydrogens (tertiary/aromatic N) is 3. The highest BCUT2D eigenvalue weighted by atomic mass is 19.1. The lowest BCUT2D eigenvalue weighted by Gasteiger charge is -2.45. The van der Waals surface area contributed by atoms with Crippen LogP contribution in [0.15, 0.2) is 18.2 Å². The third-order valence-electron chi connectivity index (χ3n) is 7.81. The van der Waals surface area contributed by atoms with Crippen LogP contribution in [0.2, 0.25) is 0 Å². The number of likely N-dealkylation sites (tertiary alicyclic amines) is 2. The summed E-state index contributed by atoms with van der Waals surface area (Å²) in [6.45, 7) is 6.68. The number of hydrogen-bond acceptors (Lipinski definition) is 5. The second-order valence-corrected chi connectivity index (χ2v) is 9.67. The average Bonchev–Trinajstić information content (AvgIpc) is 3.41. The largest absolute Gasteiger partial charge is 0.444 e. The molecule has 4 aliphatic rings. The molecule has 4 heterocycles. The van der Waals surface area contributed by atoms with Gasteiger partial charge in [-0.2, -0.15) is 0 Å². The van der Waals surface area contributed by atoms with E-state index in [2.05, 4.69) is 4.90 Å². The first-order valence-electron chi connectivity index (χ1n) is 11.8. The van der Waals surface area contributed by atoms with E-state index in [4.69, 9.17) is 9.47 Å². The predicted molar refractivity (Wildman–Crippen MR) is 119 cm³/mol. The minimum atomic E-state index is -0.237. The summed E-state index contributed by atoms with van der Waals surface area (Å²) in [5.74, 6) is -0.222. The van der Waals surface area contributed by atoms with E-state index < -0.39 is 0 Å². The fraction of sp³-hybridized carbons (Fsp3) is 0.667. The standard InChI is InChI=1S/C24H32FN3O4.H2/c1-17(29)28-16-24(21-14-18(25)2-3-22(21)28)7-11-26(12-8-24)19-4-9-27(10-5-19)23(30)32-20-6-13-31-15-20;/h2-3,14,19-20H,4-13,15-16H2,1H3;1H/t20-;/m1./s1. The first kappa shape index (κ1) is 21.6. The van der Waals surface area contributed by atoms with Gasteiger partial charge in [0.2, 0.25) is 5.91 Å². The third-order valence-corrected chi connectivity index (χ3v) is 7.81. The van der Waals surface area contributed by atoms with Crippen LogP contribution in [0.4, 0.5) is 14.9 Å². The Morgan fingerprint density at radius 2 is 1.91 bits per heavy atom. The summed E-state index contributed by atoms with van der Waals surface area (Å²) in [5, 5.41) is 0. The zero-order valence-corrected chi connectivity index (χ0v) is 18.7. The molecule has 3 fully saturated rings. The molecule has 7 nitrogen and oxygen atoms in total. The zero-order chi connectivity index (χ0) is 22.3. The summed E-state index contributed by atoms with van der Waals surface area (Å²) in [7, 11) is 0. The molecule has 5 rings (SSSR count). The van der Waals surface area contributed by atoms with Crippen molar-refractivity contribution in [2.45, 2.75) is 56.6 Å². The lowest BCUT2D eigenvalue weighted by atomic mass is 9.74. The Bertz CT molecular complexity index is 878. The molecule has 0 aromatic heterocycles. The number of halogens is 1. The van der Waals surface area contributed by atoms with E-state index in [-0.39, 0.29) is 30.8 Å². The second kappa shape index (κ2) is 8.63. The molecule has 0 saturated carbocycles. The van der Waals surface area contributed by atoms with Gasteiger partial charge in [0.15, 0.2) is 0 Å². The molecule has 1 aromatic carbocycles. The number of piperidine rings is 2. The predicted octanol–water partition coefficient (Wildman–Crippen LogP) is 3.16. The normalized spacial score (nSPS) is 25.9. The smallest absolute Gasteiger partial charge is 0.410 e. The second-order valence-electron chi connectivity index (χ2n) is 9.67. The van der Waals surface area contributed by atoms with Crippen molar-refractivity contribution in [1.82, 2.24) is 9.80 Å². The van der Waals surface area contributed by atoms with Crippen molar-refractivity contribution in [1.29, 1.82) is 0 Å². The van der Waals surface area contributed by atoms with E-state index in [1.54, 1.807) is 19.1 Å². The first-order valence-corrected chi connectivity index (χ1v) is 11.8. The van der Waals surface area contributed by atoms with Gasteiger partial charge in [-0.05, 0) is 62.5 Å². The van der Waals surface area contributed by atoms with Gasteiger partial charge in [-0.15, -0.1) is 0 Å². The van der Waals surface area contributed by atoms with Gasteiger partial charge in [0.1, 0.15) is 11.9 Å². The maximum Gasteiger partial charge on any atom is 0.410 e. The lowest BCUT2D eigenvalue weighted by Crippen LogP contribution is -2.52. The Kier molecular flexibility index (Phi) is 5.84. The van der Waals surface area contributed by atoms with Crippen LogP contribution in [0.3, 0.4) is 0 Å². The van der Waals surface area contributed by atoms with Gasteiger partial charge in [0.25, 0.3) is 0 Å². The molecule has 1 spiro atoms. The Morgan fingerprint density at radius 1 is 1.16 bits per heavy atom. The van der Waals surface area contributed by atoms with Gasteiger partial charge in [0.05, 0.1) is 13.2 Å². The minimum Gasteiger partial charge on any atom is -0.444 e. The van der Waals surface area contributed by atoms with Crippen molar-refractivity contribution < 1.29 is 24.9 Å². The quantitative estimate of drug-likeness (QED) is 0.697. The van der Waals surface area contributed by atoms with Crippen LogP contribution in [0.25, 0.3) is 0 Å². The topological polar surface area (TPSA) is 62.3 Å². The molecule has 0 radical (unpaired) electrons. The van der Waals surface area contributed by atoms with Gasteiger partial charge in [-0.3, -0.25) is 4.79 Å². The number of carbonyl (C=O) groups excluding carboxylic acids is 2. The fourth-order valence-corrected chi connectivity index (χ4v) is 5.90. The fourth-order valence-electron chi connectivity index (χ4n) is 5.90. The lowest BCUT2D eigenvalue weighted by molar-refractivity contribution is -0.116. The van der Waals surface area contributed by atoms with Crippen LogP contribution in [0.1, 0.15) is 46.0 Å². The Hall–Kier alpha value is -2.19. The van der Waals surface area contributed by atoms with E-state index in [1.807, 2.05) is 9.80 Å². The molecule has 0 N–H and O–H groups in total. The number of ether oxygens (including phenoxy) is 2. The van der Waals surface area contributed by atoms with Gasteiger partial charge >= 0.3 is 6.09 Å². The van der Waals surface area contributed by atoms with Crippen molar-refractivity contribution in [3.05, 3.63) is 29.6 Å². The maximum absolute atomic E-state index is 14.1. The van der Waals surface area contributed by atoms with Crippen LogP contribution >= 0.6 is 0 Å². The van der Waals surface area contributed by atoms with Crippen LogP contribution < -0.4 is 4.90 Å². The number of fused-ring (bicyclic) bond motifs is 2. The van der Waals surface area contributed by atoms with E-state index in [9.17, 15) is 14.0 Å². The number of amides is 2. The zero-order valence-electron chi connectivity index (χ0n) is 18.7. The summed E-state index contributed by atoms with van der Waals surface area (Å²) in [6.07, 6.45) is 4.17. The van der Waals surface area contributed by atoms with Crippen LogP contribution in [0.5, 0.6) is 0 Å². The minimum absolute atomic E-state index is 0. The molecule has 2 amide bonds. The van der Waals surface area contributed by atoms with Gasteiger partial charge < -0.3 is 24.2 Å². The summed E-state index contributed by atoms with van der Waals surface area (Å²) in [6, 6.07) is 5.28. The highest BCUT2D eigenvalue weighted by Crippen LogP contribution is 2.47. The molecule has 176 valence electrons. The monoisotopic (exact) mass is 447 g/mol. The number of rotatable bonds is 2. The van der Waals surface area contributed by atoms with Crippen LogP contribution in [-0.4, -0.2) is 79.9 Å². The number of benzene rings is 1. The van der Waals surface area contributed by atoms with E-state index >= 15 is 0 Å². The Balaban J connectivity index is 0.00000259. The van der Waals surface area contributed by atoms with Crippen LogP contribution in [-0.2, 0) is 19.7 Å². The number of carbonyl (C=O) groups is 2. The molecule has 0 aliphatic carbocycles. The Labute approximate surface area is 189 Å². The van der Waals surface area contributed by atoms with E-state index in [1.165, 1.54) is 6.07 Å². The molecular weight excluding hydrogens is 413 g/mol. The van der Waals surface area contributed by atoms with Crippen molar-refractivity contribution in [3.63, 3.8) is 0 Å². The molecule has 4 aliphatic heterocycles. The molecule has 3 saturated heterocycles. The van der Waals surface area contributed by atoms with Crippen molar-refractivity contribution >= 4 is 17.7 Å². The van der Waals surface area contributed by atoms with Crippen molar-refractivity contribution in [2.24, 2.45) is 0 Å². The van der Waals surface area contributed by atoms with Gasteiger partial charge in [0, 0.05) is 51.5 Å². The summed E-state index contributed by atoms with van der Waals surface area (Å²) < 4.78 is 24.9. The van der Waals surface area contributed by atoms with Gasteiger partial charge in [-0.25, -0.2) is 9.18 Å². The maximum atomic E-state index is 14.1.